The van der Waals surface area contributed by atoms with E-state index in [1.165, 1.54) is 6.92 Å². The number of rotatable bonds is 5. The predicted octanol–water partition coefficient (Wildman–Crippen LogP) is 1.73. The Morgan fingerprint density at radius 2 is 2.12 bits per heavy atom. The van der Waals surface area contributed by atoms with Crippen LogP contribution in [0.1, 0.15) is 25.0 Å². The van der Waals surface area contributed by atoms with Crippen molar-refractivity contribution in [3.8, 4) is 5.75 Å². The van der Waals surface area contributed by atoms with Gasteiger partial charge in [-0.3, -0.25) is 4.79 Å². The molecule has 0 saturated carbocycles. The maximum absolute atomic E-state index is 11.2. The third-order valence-electron chi connectivity index (χ3n) is 2.90. The summed E-state index contributed by atoms with van der Waals surface area (Å²) < 4.78 is 5.39. The van der Waals surface area contributed by atoms with Crippen LogP contribution in [0.4, 0.5) is 0 Å². The van der Waals surface area contributed by atoms with Gasteiger partial charge in [-0.1, -0.05) is 12.1 Å². The number of aryl methyl sites for hydroxylation is 1. The van der Waals surface area contributed by atoms with Crippen molar-refractivity contribution in [1.29, 1.82) is 0 Å². The second-order valence-electron chi connectivity index (χ2n) is 4.21. The van der Waals surface area contributed by atoms with E-state index in [0.717, 1.165) is 11.3 Å². The second kappa shape index (κ2) is 5.19. The van der Waals surface area contributed by atoms with Gasteiger partial charge in [0.25, 0.3) is 0 Å². The monoisotopic (exact) mass is 238 g/mol. The molecule has 2 N–H and O–H groups in total. The minimum atomic E-state index is -1.27. The molecule has 0 aliphatic carbocycles. The molecule has 17 heavy (non-hydrogen) atoms. The summed E-state index contributed by atoms with van der Waals surface area (Å²) in [6.45, 7) is 5.38. The number of ether oxygens (including phenoxy) is 1. The molecule has 94 valence electrons. The molecule has 0 fully saturated rings. The standard InChI is InChI=1S/C13H18O4/c1-4-17-11-6-5-10(7-9(11)2)13(3,8-14)12(15)16/h5-7,14H,4,8H2,1-3H3,(H,15,16). The van der Waals surface area contributed by atoms with Gasteiger partial charge >= 0.3 is 5.97 Å². The molecule has 1 aromatic carbocycles. The Hall–Kier alpha value is -1.55. The zero-order chi connectivity index (χ0) is 13.1. The van der Waals surface area contributed by atoms with Crippen LogP contribution in [0.5, 0.6) is 5.75 Å². The van der Waals surface area contributed by atoms with Gasteiger partial charge in [0.2, 0.25) is 0 Å². The largest absolute Gasteiger partial charge is 0.494 e. The maximum atomic E-state index is 11.2. The van der Waals surface area contributed by atoms with Crippen LogP contribution >= 0.6 is 0 Å². The van der Waals surface area contributed by atoms with Crippen LogP contribution in [0.3, 0.4) is 0 Å². The Labute approximate surface area is 101 Å². The van der Waals surface area contributed by atoms with Crippen LogP contribution < -0.4 is 4.74 Å². The van der Waals surface area contributed by atoms with E-state index in [1.54, 1.807) is 18.2 Å². The molecule has 4 heteroatoms. The lowest BCUT2D eigenvalue weighted by atomic mass is 9.82. The van der Waals surface area contributed by atoms with Gasteiger partial charge < -0.3 is 14.9 Å². The lowest BCUT2D eigenvalue weighted by Crippen LogP contribution is -2.36. The highest BCUT2D eigenvalue weighted by molar-refractivity contribution is 5.81. The van der Waals surface area contributed by atoms with Crippen LogP contribution in [0.25, 0.3) is 0 Å². The molecule has 0 amide bonds. The maximum Gasteiger partial charge on any atom is 0.316 e. The van der Waals surface area contributed by atoms with E-state index < -0.39 is 18.0 Å². The van der Waals surface area contributed by atoms with Gasteiger partial charge in [0.15, 0.2) is 0 Å². The molecular weight excluding hydrogens is 220 g/mol. The van der Waals surface area contributed by atoms with Gasteiger partial charge in [0.05, 0.1) is 13.2 Å². The topological polar surface area (TPSA) is 66.8 Å². The molecule has 1 unspecified atom stereocenters. The van der Waals surface area contributed by atoms with Crippen molar-refractivity contribution < 1.29 is 19.7 Å². The van der Waals surface area contributed by atoms with Gasteiger partial charge in [0, 0.05) is 0 Å². The third-order valence-corrected chi connectivity index (χ3v) is 2.90. The smallest absolute Gasteiger partial charge is 0.316 e. The van der Waals surface area contributed by atoms with Gasteiger partial charge in [-0.15, -0.1) is 0 Å². The van der Waals surface area contributed by atoms with Crippen molar-refractivity contribution in [1.82, 2.24) is 0 Å². The van der Waals surface area contributed by atoms with E-state index in [0.29, 0.717) is 12.2 Å². The molecule has 0 radical (unpaired) electrons. The summed E-state index contributed by atoms with van der Waals surface area (Å²) in [5.74, 6) is -0.300. The van der Waals surface area contributed by atoms with Crippen molar-refractivity contribution in [2.24, 2.45) is 0 Å². The summed E-state index contributed by atoms with van der Waals surface area (Å²) in [4.78, 5) is 11.2. The number of carbonyl (C=O) groups is 1. The van der Waals surface area contributed by atoms with Crippen molar-refractivity contribution in [3.05, 3.63) is 29.3 Å². The first-order chi connectivity index (χ1) is 7.95. The first-order valence-electron chi connectivity index (χ1n) is 5.54. The van der Waals surface area contributed by atoms with Crippen LogP contribution in [-0.4, -0.2) is 29.4 Å². The lowest BCUT2D eigenvalue weighted by Gasteiger charge is -2.23. The van der Waals surface area contributed by atoms with E-state index in [2.05, 4.69) is 0 Å². The number of aliphatic carboxylic acids is 1. The first-order valence-corrected chi connectivity index (χ1v) is 5.54. The summed E-state index contributed by atoms with van der Waals surface area (Å²) in [7, 11) is 0. The minimum absolute atomic E-state index is 0.435. The Kier molecular flexibility index (Phi) is 4.12. The lowest BCUT2D eigenvalue weighted by molar-refractivity contribution is -0.144. The summed E-state index contributed by atoms with van der Waals surface area (Å²) >= 11 is 0. The second-order valence-corrected chi connectivity index (χ2v) is 4.21. The SMILES string of the molecule is CCOc1ccc(C(C)(CO)C(=O)O)cc1C. The number of carboxylic acids is 1. The van der Waals surface area contributed by atoms with Crippen molar-refractivity contribution >= 4 is 5.97 Å². The Morgan fingerprint density at radius 1 is 1.47 bits per heavy atom. The highest BCUT2D eigenvalue weighted by Gasteiger charge is 2.34. The predicted molar refractivity (Wildman–Crippen MR) is 64.4 cm³/mol. The Bertz CT molecular complexity index is 414. The molecule has 0 aliphatic heterocycles. The summed E-state index contributed by atoms with van der Waals surface area (Å²) in [5, 5.41) is 18.4. The summed E-state index contributed by atoms with van der Waals surface area (Å²) in [6.07, 6.45) is 0. The van der Waals surface area contributed by atoms with Crippen LogP contribution in [0.15, 0.2) is 18.2 Å². The average Bonchev–Trinajstić information content (AvgIpc) is 2.30. The normalized spacial score (nSPS) is 14.1. The Balaban J connectivity index is 3.16. The molecule has 0 bridgehead atoms. The van der Waals surface area contributed by atoms with E-state index in [-0.39, 0.29) is 0 Å². The van der Waals surface area contributed by atoms with E-state index in [9.17, 15) is 9.90 Å². The number of carboxylic acid groups (broad SMARTS) is 1. The summed E-state index contributed by atoms with van der Waals surface area (Å²) in [5.41, 5.74) is 0.175. The average molecular weight is 238 g/mol. The number of aliphatic hydroxyl groups excluding tert-OH is 1. The molecule has 0 aliphatic rings. The van der Waals surface area contributed by atoms with Gasteiger partial charge in [-0.05, 0) is 38.0 Å². The molecule has 0 saturated heterocycles. The molecule has 1 rings (SSSR count). The zero-order valence-corrected chi connectivity index (χ0v) is 10.4. The van der Waals surface area contributed by atoms with Gasteiger partial charge in [0.1, 0.15) is 11.2 Å². The number of benzene rings is 1. The fourth-order valence-corrected chi connectivity index (χ4v) is 1.59. The highest BCUT2D eigenvalue weighted by Crippen LogP contribution is 2.28. The number of hydrogen-bond donors (Lipinski definition) is 2. The molecule has 0 spiro atoms. The first kappa shape index (κ1) is 13.5. The fraction of sp³-hybridized carbons (Fsp3) is 0.462. The molecule has 4 nitrogen and oxygen atoms in total. The third kappa shape index (κ3) is 2.58. The van der Waals surface area contributed by atoms with Crippen molar-refractivity contribution in [3.63, 3.8) is 0 Å². The highest BCUT2D eigenvalue weighted by atomic mass is 16.5. The fourth-order valence-electron chi connectivity index (χ4n) is 1.59. The van der Waals surface area contributed by atoms with Crippen molar-refractivity contribution in [2.45, 2.75) is 26.2 Å². The minimum Gasteiger partial charge on any atom is -0.494 e. The summed E-state index contributed by atoms with van der Waals surface area (Å²) in [6, 6.07) is 5.17. The van der Waals surface area contributed by atoms with Crippen LogP contribution in [0.2, 0.25) is 0 Å². The van der Waals surface area contributed by atoms with E-state index in [1.807, 2.05) is 13.8 Å². The van der Waals surface area contributed by atoms with Gasteiger partial charge in [-0.25, -0.2) is 0 Å². The van der Waals surface area contributed by atoms with E-state index in [4.69, 9.17) is 9.84 Å². The van der Waals surface area contributed by atoms with E-state index >= 15 is 0 Å². The number of aliphatic hydroxyl groups is 1. The van der Waals surface area contributed by atoms with Gasteiger partial charge in [-0.2, -0.15) is 0 Å². The molecule has 1 aromatic rings. The van der Waals surface area contributed by atoms with Crippen LogP contribution in [0, 0.1) is 6.92 Å². The molecule has 0 heterocycles. The molecule has 0 aromatic heterocycles. The van der Waals surface area contributed by atoms with Crippen molar-refractivity contribution in [2.75, 3.05) is 13.2 Å². The quantitative estimate of drug-likeness (QED) is 0.819. The Morgan fingerprint density at radius 3 is 2.53 bits per heavy atom. The number of hydrogen-bond acceptors (Lipinski definition) is 3. The zero-order valence-electron chi connectivity index (χ0n) is 10.4. The molecular formula is C13H18O4. The molecule has 1 atom stereocenters. The van der Waals surface area contributed by atoms with Crippen LogP contribution in [-0.2, 0) is 10.2 Å².